The molecular weight excluding hydrogens is 592 g/mol. The zero-order valence-electron chi connectivity index (χ0n) is 25.6. The molecule has 10 rings (SSSR count). The van der Waals surface area contributed by atoms with Crippen LogP contribution in [0.5, 0.6) is 0 Å². The number of nitrogens with zero attached hydrogens (tertiary/aromatic N) is 4. The summed E-state index contributed by atoms with van der Waals surface area (Å²) in [4.78, 5) is 32.0. The van der Waals surface area contributed by atoms with Gasteiger partial charge in [-0.2, -0.15) is 0 Å². The van der Waals surface area contributed by atoms with Crippen LogP contribution in [0.4, 0.5) is 0 Å². The molecule has 48 heavy (non-hydrogen) atoms. The Kier molecular flexibility index (Phi) is 6.61. The van der Waals surface area contributed by atoms with Crippen molar-refractivity contribution in [2.45, 2.75) is 0 Å². The predicted octanol–water partition coefficient (Wildman–Crippen LogP) is 9.31. The monoisotopic (exact) mass is 620 g/mol. The molecule has 0 saturated heterocycles. The summed E-state index contributed by atoms with van der Waals surface area (Å²) < 4.78 is 0. The summed E-state index contributed by atoms with van der Waals surface area (Å²) in [6.07, 6.45) is 16.1. The van der Waals surface area contributed by atoms with Crippen LogP contribution in [0.3, 0.4) is 0 Å². The highest BCUT2D eigenvalue weighted by molar-refractivity contribution is 5.79. The van der Waals surface area contributed by atoms with E-state index in [-0.39, 0.29) is 0 Å². The van der Waals surface area contributed by atoms with Crippen LogP contribution in [0.1, 0.15) is 45.6 Å². The fraction of sp³-hybridized carbons (Fsp3) is 0. The molecule has 0 atom stereocenters. The highest BCUT2D eigenvalue weighted by Crippen LogP contribution is 2.19. The Labute approximate surface area is 274 Å². The van der Waals surface area contributed by atoms with Crippen LogP contribution < -0.4 is 0 Å². The minimum absolute atomic E-state index is 0.915. The minimum atomic E-state index is 0.915. The molecule has 4 N–H and O–H groups in total. The van der Waals surface area contributed by atoms with Crippen molar-refractivity contribution in [1.29, 1.82) is 0 Å². The fourth-order valence-electron chi connectivity index (χ4n) is 5.89. The first-order valence-corrected chi connectivity index (χ1v) is 15.7. The molecule has 0 radical (unpaired) electrons. The Morgan fingerprint density at radius 3 is 0.646 bits per heavy atom. The van der Waals surface area contributed by atoms with E-state index in [1.807, 2.05) is 85.0 Å². The number of hydrogen-bond donors (Lipinski definition) is 4. The average molecular weight is 621 g/mol. The Morgan fingerprint density at radius 2 is 0.417 bits per heavy atom. The third-order valence-corrected chi connectivity index (χ3v) is 8.08. The first-order valence-electron chi connectivity index (χ1n) is 15.7. The second kappa shape index (κ2) is 11.5. The van der Waals surface area contributed by atoms with Gasteiger partial charge in [-0.1, -0.05) is 0 Å². The summed E-state index contributed by atoms with van der Waals surface area (Å²) in [5.41, 5.74) is 15.7. The van der Waals surface area contributed by atoms with E-state index in [2.05, 4.69) is 101 Å². The Balaban J connectivity index is 0.000000131. The van der Waals surface area contributed by atoms with Crippen molar-refractivity contribution in [1.82, 2.24) is 39.9 Å². The topological polar surface area (TPSA) is 115 Å². The van der Waals surface area contributed by atoms with Gasteiger partial charge in [0.15, 0.2) is 0 Å². The maximum Gasteiger partial charge on any atom is 0.0659 e. The van der Waals surface area contributed by atoms with E-state index >= 15 is 0 Å². The molecule has 0 saturated carbocycles. The van der Waals surface area contributed by atoms with E-state index in [0.717, 1.165) is 89.7 Å². The second-order valence-electron chi connectivity index (χ2n) is 11.8. The molecule has 6 aromatic rings. The lowest BCUT2D eigenvalue weighted by atomic mass is 10.3. The first kappa shape index (κ1) is 27.5. The van der Waals surface area contributed by atoms with Crippen molar-refractivity contribution in [3.63, 3.8) is 0 Å². The third-order valence-electron chi connectivity index (χ3n) is 8.08. The smallest absolute Gasteiger partial charge is 0.0659 e. The van der Waals surface area contributed by atoms with E-state index in [1.54, 1.807) is 0 Å². The van der Waals surface area contributed by atoms with Crippen molar-refractivity contribution >= 4 is 92.7 Å². The molecule has 8 heteroatoms. The number of hydrogen-bond acceptors (Lipinski definition) is 4. The van der Waals surface area contributed by atoms with Gasteiger partial charge in [0, 0.05) is 44.1 Å². The molecule has 4 aliphatic rings. The number of H-pyrrole nitrogens is 4. The third kappa shape index (κ3) is 6.05. The minimum Gasteiger partial charge on any atom is -0.355 e. The summed E-state index contributed by atoms with van der Waals surface area (Å²) in [5, 5.41) is 0. The number of nitrogens with one attached hydrogen (secondary N) is 4. The number of aromatic nitrogens is 8. The maximum absolute atomic E-state index is 4.62. The molecule has 0 aliphatic carbocycles. The van der Waals surface area contributed by atoms with Crippen molar-refractivity contribution in [3.05, 3.63) is 143 Å². The molecule has 6 aromatic heterocycles. The zero-order chi connectivity index (χ0) is 31.9. The number of rotatable bonds is 0. The second-order valence-corrected chi connectivity index (χ2v) is 11.8. The number of fused-ring (bicyclic) bond motifs is 16. The maximum atomic E-state index is 4.62. The Bertz CT molecular complexity index is 2330. The van der Waals surface area contributed by atoms with E-state index < -0.39 is 0 Å². The van der Waals surface area contributed by atoms with Gasteiger partial charge in [0.2, 0.25) is 0 Å². The van der Waals surface area contributed by atoms with Crippen LogP contribution in [-0.4, -0.2) is 39.9 Å². The van der Waals surface area contributed by atoms with Gasteiger partial charge in [0.05, 0.1) is 45.6 Å². The molecule has 10 heterocycles. The van der Waals surface area contributed by atoms with Gasteiger partial charge in [0.1, 0.15) is 0 Å². The summed E-state index contributed by atoms with van der Waals surface area (Å²) in [5.74, 6) is 0. The summed E-state index contributed by atoms with van der Waals surface area (Å²) in [6, 6.07) is 32.8. The van der Waals surface area contributed by atoms with Gasteiger partial charge in [-0.15, -0.1) is 0 Å². The van der Waals surface area contributed by atoms with Crippen LogP contribution in [0.15, 0.2) is 97.1 Å². The van der Waals surface area contributed by atoms with E-state index in [1.165, 1.54) is 0 Å². The molecule has 0 fully saturated rings. The zero-order valence-corrected chi connectivity index (χ0v) is 25.6. The van der Waals surface area contributed by atoms with Gasteiger partial charge in [-0.3, -0.25) is 0 Å². The molecule has 0 spiro atoms. The van der Waals surface area contributed by atoms with Crippen molar-refractivity contribution in [3.8, 4) is 0 Å². The lowest BCUT2D eigenvalue weighted by Gasteiger charge is -1.86. The van der Waals surface area contributed by atoms with Crippen LogP contribution >= 0.6 is 0 Å². The summed E-state index contributed by atoms with van der Waals surface area (Å²) >= 11 is 0. The molecule has 0 aromatic carbocycles. The average Bonchev–Trinajstić information content (AvgIpc) is 3.91. The van der Waals surface area contributed by atoms with Crippen LogP contribution in [-0.2, 0) is 0 Å². The largest absolute Gasteiger partial charge is 0.355 e. The molecular formula is C40H28N8. The molecule has 0 amide bonds. The lowest BCUT2D eigenvalue weighted by molar-refractivity contribution is 1.28. The van der Waals surface area contributed by atoms with E-state index in [9.17, 15) is 0 Å². The molecule has 228 valence electrons. The van der Waals surface area contributed by atoms with Gasteiger partial charge in [0.25, 0.3) is 0 Å². The van der Waals surface area contributed by atoms with Gasteiger partial charge in [-0.05, 0) is 146 Å². The Morgan fingerprint density at radius 1 is 0.229 bits per heavy atom. The normalized spacial score (nSPS) is 12.7. The van der Waals surface area contributed by atoms with Crippen LogP contribution in [0.2, 0.25) is 0 Å². The quantitative estimate of drug-likeness (QED) is 0.135. The van der Waals surface area contributed by atoms with Crippen molar-refractivity contribution < 1.29 is 0 Å². The summed E-state index contributed by atoms with van der Waals surface area (Å²) in [6.45, 7) is 0. The van der Waals surface area contributed by atoms with Gasteiger partial charge >= 0.3 is 0 Å². The highest BCUT2D eigenvalue weighted by Gasteiger charge is 2.04. The van der Waals surface area contributed by atoms with Crippen molar-refractivity contribution in [2.24, 2.45) is 0 Å². The fourth-order valence-corrected chi connectivity index (χ4v) is 5.89. The van der Waals surface area contributed by atoms with E-state index in [4.69, 9.17) is 0 Å². The molecule has 4 aliphatic heterocycles. The molecule has 0 unspecified atom stereocenters. The molecule has 8 nitrogen and oxygen atoms in total. The Hall–Kier alpha value is -6.80. The lowest BCUT2D eigenvalue weighted by Crippen LogP contribution is -1.77. The standard InChI is InChI=1S/2C20H14N4/c2*1-2-14-10-16-5-6-18(23-16)12-20-8-7-19(24-20)11-17-4-3-15(22-17)9-13(1)21-14/h2*1-12,21-22H. The summed E-state index contributed by atoms with van der Waals surface area (Å²) in [7, 11) is 0. The van der Waals surface area contributed by atoms with Gasteiger partial charge < -0.3 is 19.9 Å². The van der Waals surface area contributed by atoms with Crippen molar-refractivity contribution in [2.75, 3.05) is 0 Å². The van der Waals surface area contributed by atoms with E-state index in [0.29, 0.717) is 0 Å². The first-order chi connectivity index (χ1) is 23.6. The predicted molar refractivity (Wildman–Crippen MR) is 198 cm³/mol. The molecule has 16 bridgehead atoms. The highest BCUT2D eigenvalue weighted by atomic mass is 14.8. The van der Waals surface area contributed by atoms with Crippen LogP contribution in [0.25, 0.3) is 92.7 Å². The van der Waals surface area contributed by atoms with Gasteiger partial charge in [-0.25, -0.2) is 19.9 Å². The number of aromatic amines is 4. The van der Waals surface area contributed by atoms with Crippen LogP contribution in [0, 0.1) is 0 Å². The SMILES string of the molecule is C1=Cc2cc3ccc(cc4ccc(cc5nc(cc1n2)C=C5)[nH]4)[nH]3.C1=Cc2cc3ccc(cc4ccc(cc5nc(cc1n2)C=C5)[nH]4)[nH]3.